The second-order valence-corrected chi connectivity index (χ2v) is 7.14. The highest BCUT2D eigenvalue weighted by molar-refractivity contribution is 7.91. The molecule has 0 spiro atoms. The third kappa shape index (κ3) is 2.85. The summed E-state index contributed by atoms with van der Waals surface area (Å²) in [5, 5.41) is 9.80. The quantitative estimate of drug-likeness (QED) is 0.756. The lowest BCUT2D eigenvalue weighted by atomic mass is 9.83. The Kier molecular flexibility index (Phi) is 4.78. The Balaban J connectivity index is 3.05. The van der Waals surface area contributed by atoms with Crippen LogP contribution < -0.4 is 0 Å². The highest BCUT2D eigenvalue weighted by Crippen LogP contribution is 2.41. The Labute approximate surface area is 108 Å². The minimum Gasteiger partial charge on any atom is -0.466 e. The summed E-state index contributed by atoms with van der Waals surface area (Å²) in [7, 11) is -3.37. The van der Waals surface area contributed by atoms with E-state index in [2.05, 4.69) is 0 Å². The summed E-state index contributed by atoms with van der Waals surface area (Å²) >= 11 is 0. The number of aliphatic hydroxyl groups is 1. The zero-order valence-corrected chi connectivity index (χ0v) is 12.0. The zero-order chi connectivity index (χ0) is 14.0. The van der Waals surface area contributed by atoms with E-state index in [0.717, 1.165) is 6.26 Å². The van der Waals surface area contributed by atoms with E-state index in [0.29, 0.717) is 25.7 Å². The van der Waals surface area contributed by atoms with Crippen LogP contribution in [0.2, 0.25) is 0 Å². The predicted molar refractivity (Wildman–Crippen MR) is 67.8 cm³/mol. The van der Waals surface area contributed by atoms with Gasteiger partial charge in [-0.15, -0.1) is 0 Å². The first-order chi connectivity index (χ1) is 8.27. The molecule has 0 aliphatic heterocycles. The van der Waals surface area contributed by atoms with Crippen LogP contribution in [0.1, 0.15) is 39.5 Å². The van der Waals surface area contributed by atoms with Crippen molar-refractivity contribution in [1.29, 1.82) is 0 Å². The van der Waals surface area contributed by atoms with Crippen LogP contribution in [-0.4, -0.2) is 43.2 Å². The van der Waals surface area contributed by atoms with Crippen molar-refractivity contribution in [2.24, 2.45) is 5.92 Å². The molecule has 0 amide bonds. The van der Waals surface area contributed by atoms with Crippen LogP contribution in [0.5, 0.6) is 0 Å². The van der Waals surface area contributed by atoms with Crippen LogP contribution in [0.4, 0.5) is 0 Å². The van der Waals surface area contributed by atoms with E-state index >= 15 is 0 Å². The van der Waals surface area contributed by atoms with Crippen molar-refractivity contribution < 1.29 is 23.1 Å². The third-order valence-electron chi connectivity index (χ3n) is 3.70. The fourth-order valence-corrected chi connectivity index (χ4v) is 4.55. The van der Waals surface area contributed by atoms with Gasteiger partial charge in [0.25, 0.3) is 0 Å². The molecule has 6 heteroatoms. The van der Waals surface area contributed by atoms with Crippen molar-refractivity contribution in [2.45, 2.75) is 50.4 Å². The van der Waals surface area contributed by atoms with Gasteiger partial charge in [-0.2, -0.15) is 0 Å². The van der Waals surface area contributed by atoms with Crippen molar-refractivity contribution >= 4 is 15.8 Å². The Morgan fingerprint density at radius 3 is 2.56 bits per heavy atom. The molecule has 0 aromatic rings. The predicted octanol–water partition coefficient (Wildman–Crippen LogP) is 0.904. The smallest absolute Gasteiger partial charge is 0.311 e. The number of rotatable bonds is 5. The van der Waals surface area contributed by atoms with E-state index in [1.165, 1.54) is 0 Å². The van der Waals surface area contributed by atoms with Gasteiger partial charge in [0.05, 0.1) is 23.4 Å². The monoisotopic (exact) mass is 278 g/mol. The minimum absolute atomic E-state index is 0.231. The fourth-order valence-electron chi connectivity index (χ4n) is 2.93. The van der Waals surface area contributed by atoms with Crippen LogP contribution >= 0.6 is 0 Å². The van der Waals surface area contributed by atoms with Crippen molar-refractivity contribution in [3.05, 3.63) is 0 Å². The molecule has 1 N–H and O–H groups in total. The van der Waals surface area contributed by atoms with Crippen molar-refractivity contribution in [1.82, 2.24) is 0 Å². The van der Waals surface area contributed by atoms with Crippen LogP contribution in [0.15, 0.2) is 0 Å². The van der Waals surface area contributed by atoms with Crippen LogP contribution in [0.3, 0.4) is 0 Å². The molecule has 3 unspecified atom stereocenters. The lowest BCUT2D eigenvalue weighted by molar-refractivity contribution is -0.158. The molecule has 1 rings (SSSR count). The molecule has 1 fully saturated rings. The standard InChI is InChI=1S/C12H22O5S/c1-4-9(11(13)17-5-2)12(14)8-6-7-10(12)18(3,15)16/h9-10,14H,4-8H2,1-3H3. The van der Waals surface area contributed by atoms with E-state index in [9.17, 15) is 18.3 Å². The molecule has 3 atom stereocenters. The number of carbonyl (C=O) groups is 1. The first-order valence-electron chi connectivity index (χ1n) is 6.35. The van der Waals surface area contributed by atoms with E-state index in [4.69, 9.17) is 4.74 Å². The summed E-state index contributed by atoms with van der Waals surface area (Å²) in [6.07, 6.45) is 2.85. The summed E-state index contributed by atoms with van der Waals surface area (Å²) in [5.41, 5.74) is -1.48. The average molecular weight is 278 g/mol. The maximum atomic E-state index is 11.9. The summed E-state index contributed by atoms with van der Waals surface area (Å²) < 4.78 is 28.4. The molecule has 5 nitrogen and oxygen atoms in total. The highest BCUT2D eigenvalue weighted by Gasteiger charge is 2.53. The molecule has 1 aliphatic carbocycles. The van der Waals surface area contributed by atoms with Gasteiger partial charge >= 0.3 is 5.97 Å². The topological polar surface area (TPSA) is 80.7 Å². The largest absolute Gasteiger partial charge is 0.466 e. The zero-order valence-electron chi connectivity index (χ0n) is 11.2. The number of esters is 1. The highest BCUT2D eigenvalue weighted by atomic mass is 32.2. The molecule has 0 heterocycles. The Hall–Kier alpha value is -0.620. The Morgan fingerprint density at radius 2 is 2.11 bits per heavy atom. The summed E-state index contributed by atoms with van der Waals surface area (Å²) in [4.78, 5) is 11.9. The van der Waals surface area contributed by atoms with Crippen LogP contribution in [0, 0.1) is 5.92 Å². The molecule has 106 valence electrons. The molecule has 1 saturated carbocycles. The minimum atomic E-state index is -3.37. The molecular weight excluding hydrogens is 256 g/mol. The SMILES string of the molecule is CCOC(=O)C(CC)C1(O)CCCC1S(C)(=O)=O. The molecule has 0 saturated heterocycles. The second-order valence-electron chi connectivity index (χ2n) is 4.91. The van der Waals surface area contributed by atoms with Gasteiger partial charge in [-0.1, -0.05) is 6.92 Å². The molecule has 0 bridgehead atoms. The maximum absolute atomic E-state index is 11.9. The van der Waals surface area contributed by atoms with Crippen LogP contribution in [-0.2, 0) is 19.4 Å². The van der Waals surface area contributed by atoms with Gasteiger partial charge in [-0.05, 0) is 32.6 Å². The van der Waals surface area contributed by atoms with Gasteiger partial charge < -0.3 is 9.84 Å². The van der Waals surface area contributed by atoms with Crippen LogP contribution in [0.25, 0.3) is 0 Å². The lowest BCUT2D eigenvalue weighted by Gasteiger charge is -2.34. The molecular formula is C12H22O5S. The molecule has 18 heavy (non-hydrogen) atoms. The van der Waals surface area contributed by atoms with Crippen molar-refractivity contribution in [3.8, 4) is 0 Å². The molecule has 0 radical (unpaired) electrons. The molecule has 0 aromatic heterocycles. The summed E-state index contributed by atoms with van der Waals surface area (Å²) in [5.74, 6) is -1.27. The van der Waals surface area contributed by atoms with Gasteiger partial charge in [-0.3, -0.25) is 4.79 Å². The Bertz CT molecular complexity index is 403. The molecule has 0 aromatic carbocycles. The third-order valence-corrected chi connectivity index (χ3v) is 5.38. The fraction of sp³-hybridized carbons (Fsp3) is 0.917. The van der Waals surface area contributed by atoms with E-state index in [1.807, 2.05) is 0 Å². The Morgan fingerprint density at radius 1 is 1.50 bits per heavy atom. The van der Waals surface area contributed by atoms with E-state index < -0.39 is 32.6 Å². The second kappa shape index (κ2) is 5.57. The van der Waals surface area contributed by atoms with Crippen molar-refractivity contribution in [3.63, 3.8) is 0 Å². The first kappa shape index (κ1) is 15.4. The average Bonchev–Trinajstić information content (AvgIpc) is 2.61. The number of sulfone groups is 1. The van der Waals surface area contributed by atoms with Gasteiger partial charge in [-0.25, -0.2) is 8.42 Å². The normalized spacial score (nSPS) is 30.1. The number of carbonyl (C=O) groups excluding carboxylic acids is 1. The van der Waals surface area contributed by atoms with E-state index in [1.54, 1.807) is 13.8 Å². The van der Waals surface area contributed by atoms with Gasteiger partial charge in [0.1, 0.15) is 0 Å². The maximum Gasteiger partial charge on any atom is 0.311 e. The number of hydrogen-bond donors (Lipinski definition) is 1. The molecule has 1 aliphatic rings. The number of hydrogen-bond acceptors (Lipinski definition) is 5. The van der Waals surface area contributed by atoms with E-state index in [-0.39, 0.29) is 6.61 Å². The summed E-state index contributed by atoms with van der Waals surface area (Å²) in [6, 6.07) is 0. The first-order valence-corrected chi connectivity index (χ1v) is 8.30. The van der Waals surface area contributed by atoms with Gasteiger partial charge in [0.15, 0.2) is 9.84 Å². The van der Waals surface area contributed by atoms with Gasteiger partial charge in [0.2, 0.25) is 0 Å². The van der Waals surface area contributed by atoms with Crippen molar-refractivity contribution in [2.75, 3.05) is 12.9 Å². The lowest BCUT2D eigenvalue weighted by Crippen LogP contribution is -2.51. The van der Waals surface area contributed by atoms with Gasteiger partial charge in [0, 0.05) is 6.26 Å². The number of ether oxygens (including phenoxy) is 1. The summed E-state index contributed by atoms with van der Waals surface area (Å²) in [6.45, 7) is 3.68.